The number of hydrogen-bond donors (Lipinski definition) is 0. The standard InChI is InChI=1S/C9H13.3ClH.V/c1-3-4-9-6-5-8(2)7-9;;;;/h5-7H,3-4H2,1-2H3;3*1H;/q;;;;+3/p-3. The summed E-state index contributed by atoms with van der Waals surface area (Å²) in [5.41, 5.74) is 1.49. The summed E-state index contributed by atoms with van der Waals surface area (Å²) >= 11 is 2.69. The van der Waals surface area contributed by atoms with Gasteiger partial charge in [0.2, 0.25) is 0 Å². The third kappa shape index (κ3) is 6.93. The summed E-state index contributed by atoms with van der Waals surface area (Å²) in [6, 6.07) is 0. The summed E-state index contributed by atoms with van der Waals surface area (Å²) in [6.07, 6.45) is 9.29. The minimum absolute atomic E-state index is 0. The summed E-state index contributed by atoms with van der Waals surface area (Å²) in [5, 5.41) is 0. The Morgan fingerprint density at radius 3 is 2.15 bits per heavy atom. The summed E-state index contributed by atoms with van der Waals surface area (Å²) in [6.45, 7) is 4.43. The van der Waals surface area contributed by atoms with Crippen molar-refractivity contribution in [3.05, 3.63) is 23.8 Å². The van der Waals surface area contributed by atoms with E-state index in [1.807, 2.05) is 0 Å². The van der Waals surface area contributed by atoms with Crippen LogP contribution < -0.4 is 37.2 Å². The number of hydrogen-bond acceptors (Lipinski definition) is 0. The van der Waals surface area contributed by atoms with Gasteiger partial charge in [-0.25, -0.2) is 0 Å². The predicted molar refractivity (Wildman–Crippen MR) is 40.5 cm³/mol. The van der Waals surface area contributed by atoms with Crippen molar-refractivity contribution in [3.63, 3.8) is 0 Å². The number of halogens is 3. The van der Waals surface area contributed by atoms with E-state index in [0.29, 0.717) is 0 Å². The average Bonchev–Trinajstić information content (AvgIpc) is 2.12. The minimum Gasteiger partial charge on any atom is -1.00 e. The molecule has 75 valence electrons. The molecular formula is C9H13Cl3V. The van der Waals surface area contributed by atoms with E-state index in [-0.39, 0.29) is 41.3 Å². The third-order valence-electron chi connectivity index (χ3n) is 1.65. The van der Waals surface area contributed by atoms with Gasteiger partial charge >= 0.3 is 72.0 Å². The maximum atomic E-state index is 2.69. The van der Waals surface area contributed by atoms with Crippen LogP contribution in [0, 0.1) is 0 Å². The first-order chi connectivity index (χ1) is 4.64. The van der Waals surface area contributed by atoms with Crippen molar-refractivity contribution < 1.29 is 54.6 Å². The van der Waals surface area contributed by atoms with Crippen LogP contribution in [0.15, 0.2) is 23.8 Å². The molecular weight excluding hydrogens is 265 g/mol. The van der Waals surface area contributed by atoms with Crippen LogP contribution in [0.5, 0.6) is 0 Å². The first-order valence-electron chi connectivity index (χ1n) is 3.77. The molecule has 13 heavy (non-hydrogen) atoms. The summed E-state index contributed by atoms with van der Waals surface area (Å²) in [5.74, 6) is 0. The Morgan fingerprint density at radius 1 is 1.31 bits per heavy atom. The van der Waals surface area contributed by atoms with Crippen LogP contribution in [0.1, 0.15) is 26.7 Å². The Morgan fingerprint density at radius 2 is 1.85 bits per heavy atom. The molecule has 0 amide bonds. The van der Waals surface area contributed by atoms with Crippen LogP contribution in [-0.2, 0) is 17.4 Å². The second-order valence-electron chi connectivity index (χ2n) is 3.03. The SMILES string of the molecule is CCCC1=C[C](C)([V+3])C=C1.[Cl-].[Cl-].[Cl-]. The zero-order valence-corrected chi connectivity index (χ0v) is 11.4. The molecule has 0 aromatic rings. The van der Waals surface area contributed by atoms with Crippen molar-refractivity contribution in [2.75, 3.05) is 0 Å². The molecule has 0 nitrogen and oxygen atoms in total. The molecule has 1 unspecified atom stereocenters. The van der Waals surface area contributed by atoms with Crippen LogP contribution in [0.3, 0.4) is 0 Å². The molecule has 1 aliphatic carbocycles. The Bertz CT molecular complexity index is 185. The molecule has 0 aliphatic heterocycles. The molecule has 1 rings (SSSR count). The Kier molecular flexibility index (Phi) is 12.4. The van der Waals surface area contributed by atoms with Crippen molar-refractivity contribution in [3.8, 4) is 0 Å². The van der Waals surface area contributed by atoms with Crippen LogP contribution in [-0.4, -0.2) is 0 Å². The quantitative estimate of drug-likeness (QED) is 0.472. The molecule has 0 heterocycles. The van der Waals surface area contributed by atoms with Gasteiger partial charge in [-0.1, -0.05) is 0 Å². The van der Waals surface area contributed by atoms with Gasteiger partial charge in [0.05, 0.1) is 0 Å². The summed E-state index contributed by atoms with van der Waals surface area (Å²) < 4.78 is 0.261. The average molecular weight is 279 g/mol. The van der Waals surface area contributed by atoms with Crippen LogP contribution in [0.25, 0.3) is 0 Å². The Hall–Kier alpha value is 0.934. The molecule has 0 fully saturated rings. The topological polar surface area (TPSA) is 0 Å². The maximum Gasteiger partial charge on any atom is -1.00 e. The maximum absolute atomic E-state index is 2.69. The zero-order chi connectivity index (χ0) is 7.61. The Labute approximate surface area is 109 Å². The molecule has 0 saturated carbocycles. The van der Waals surface area contributed by atoms with E-state index in [2.05, 4.69) is 49.5 Å². The molecule has 0 saturated heterocycles. The normalized spacial score (nSPS) is 23.8. The molecule has 0 aromatic carbocycles. The van der Waals surface area contributed by atoms with Crippen molar-refractivity contribution in [1.82, 2.24) is 0 Å². The molecule has 0 aromatic heterocycles. The molecule has 0 N–H and O–H groups in total. The van der Waals surface area contributed by atoms with E-state index in [1.54, 1.807) is 0 Å². The van der Waals surface area contributed by atoms with E-state index in [0.717, 1.165) is 0 Å². The molecule has 1 aliphatic rings. The summed E-state index contributed by atoms with van der Waals surface area (Å²) in [7, 11) is 0. The van der Waals surface area contributed by atoms with Gasteiger partial charge in [0.1, 0.15) is 0 Å². The van der Waals surface area contributed by atoms with Crippen molar-refractivity contribution in [1.29, 1.82) is 0 Å². The van der Waals surface area contributed by atoms with Crippen LogP contribution >= 0.6 is 0 Å². The molecule has 0 radical (unpaired) electrons. The second-order valence-corrected chi connectivity index (χ2v) is 4.53. The van der Waals surface area contributed by atoms with Gasteiger partial charge in [-0.05, 0) is 0 Å². The third-order valence-corrected chi connectivity index (χ3v) is 2.09. The van der Waals surface area contributed by atoms with Gasteiger partial charge < -0.3 is 37.2 Å². The summed E-state index contributed by atoms with van der Waals surface area (Å²) in [4.78, 5) is 0. The molecule has 4 heteroatoms. The first kappa shape index (κ1) is 19.5. The van der Waals surface area contributed by atoms with Gasteiger partial charge in [-0.3, -0.25) is 0 Å². The van der Waals surface area contributed by atoms with Gasteiger partial charge in [0.25, 0.3) is 0 Å². The zero-order valence-electron chi connectivity index (χ0n) is 7.73. The van der Waals surface area contributed by atoms with Crippen molar-refractivity contribution >= 4 is 0 Å². The van der Waals surface area contributed by atoms with Gasteiger partial charge in [0, 0.05) is 0 Å². The van der Waals surface area contributed by atoms with E-state index in [1.165, 1.54) is 18.4 Å². The fourth-order valence-electron chi connectivity index (χ4n) is 1.19. The van der Waals surface area contributed by atoms with E-state index >= 15 is 0 Å². The Balaban J connectivity index is -0.000000333. The molecule has 1 atom stereocenters. The minimum atomic E-state index is 0. The molecule has 0 bridgehead atoms. The number of allylic oxidation sites excluding steroid dienone is 4. The fourth-order valence-corrected chi connectivity index (χ4v) is 1.57. The number of rotatable bonds is 2. The van der Waals surface area contributed by atoms with Crippen molar-refractivity contribution in [2.45, 2.75) is 30.8 Å². The fraction of sp³-hybridized carbons (Fsp3) is 0.556. The first-order valence-corrected chi connectivity index (χ1v) is 4.47. The molecule has 0 spiro atoms. The van der Waals surface area contributed by atoms with Crippen LogP contribution in [0.4, 0.5) is 0 Å². The van der Waals surface area contributed by atoms with Gasteiger partial charge in [-0.15, -0.1) is 0 Å². The predicted octanol–water partition coefficient (Wildman–Crippen LogP) is -5.98. The van der Waals surface area contributed by atoms with E-state index < -0.39 is 0 Å². The van der Waals surface area contributed by atoms with Crippen molar-refractivity contribution in [2.24, 2.45) is 0 Å². The van der Waals surface area contributed by atoms with Gasteiger partial charge in [-0.2, -0.15) is 0 Å². The van der Waals surface area contributed by atoms with E-state index in [4.69, 9.17) is 0 Å². The largest absolute Gasteiger partial charge is 1.00 e. The second kappa shape index (κ2) is 8.26. The van der Waals surface area contributed by atoms with Gasteiger partial charge in [0.15, 0.2) is 0 Å². The smallest absolute Gasteiger partial charge is 1.00 e. The monoisotopic (exact) mass is 277 g/mol. The van der Waals surface area contributed by atoms with Crippen LogP contribution in [0.2, 0.25) is 4.13 Å². The van der Waals surface area contributed by atoms with E-state index in [9.17, 15) is 0 Å².